The van der Waals surface area contributed by atoms with Crippen molar-refractivity contribution >= 4 is 23.6 Å². The molecule has 0 fully saturated rings. The Labute approximate surface area is 92.6 Å². The zero-order chi connectivity index (χ0) is 11.5. The molecule has 1 aromatic carbocycles. The van der Waals surface area contributed by atoms with Crippen LogP contribution in [0.2, 0.25) is 0 Å². The Balaban J connectivity index is 2.13. The Morgan fingerprint density at radius 2 is 2.31 bits per heavy atom. The number of carboxylic acids is 1. The molecule has 0 radical (unpaired) electrons. The first-order valence-electron chi connectivity index (χ1n) is 4.96. The fourth-order valence-corrected chi connectivity index (χ4v) is 1.63. The fourth-order valence-electron chi connectivity index (χ4n) is 1.63. The second kappa shape index (κ2) is 4.18. The van der Waals surface area contributed by atoms with Crippen molar-refractivity contribution < 1.29 is 14.7 Å². The highest BCUT2D eigenvalue weighted by Crippen LogP contribution is 2.24. The van der Waals surface area contributed by atoms with Crippen molar-refractivity contribution in [1.29, 1.82) is 0 Å². The molecule has 1 aromatic rings. The van der Waals surface area contributed by atoms with Gasteiger partial charge in [0.15, 0.2) is 0 Å². The molecule has 16 heavy (non-hydrogen) atoms. The number of nitrogens with one attached hydrogen (secondary N) is 1. The van der Waals surface area contributed by atoms with Gasteiger partial charge in [-0.1, -0.05) is 24.3 Å². The van der Waals surface area contributed by atoms with Gasteiger partial charge < -0.3 is 10.4 Å². The lowest BCUT2D eigenvalue weighted by Crippen LogP contribution is -2.03. The van der Waals surface area contributed by atoms with Crippen LogP contribution in [-0.2, 0) is 16.0 Å². The highest BCUT2D eigenvalue weighted by atomic mass is 16.4. The van der Waals surface area contributed by atoms with Gasteiger partial charge in [-0.2, -0.15) is 0 Å². The third-order valence-electron chi connectivity index (χ3n) is 2.36. The van der Waals surface area contributed by atoms with E-state index in [0.29, 0.717) is 6.42 Å². The van der Waals surface area contributed by atoms with Crippen LogP contribution in [0.5, 0.6) is 0 Å². The van der Waals surface area contributed by atoms with Crippen molar-refractivity contribution in [2.75, 3.05) is 5.32 Å². The maximum Gasteiger partial charge on any atom is 0.307 e. The maximum atomic E-state index is 11.1. The summed E-state index contributed by atoms with van der Waals surface area (Å²) in [6, 6.07) is 5.60. The van der Waals surface area contributed by atoms with Crippen molar-refractivity contribution in [2.24, 2.45) is 0 Å². The minimum atomic E-state index is -0.856. The van der Waals surface area contributed by atoms with E-state index < -0.39 is 5.97 Å². The number of rotatable bonds is 3. The van der Waals surface area contributed by atoms with Gasteiger partial charge in [0, 0.05) is 5.69 Å². The van der Waals surface area contributed by atoms with Gasteiger partial charge in [-0.3, -0.25) is 9.59 Å². The van der Waals surface area contributed by atoms with E-state index in [9.17, 15) is 9.59 Å². The maximum absolute atomic E-state index is 11.1. The van der Waals surface area contributed by atoms with E-state index in [0.717, 1.165) is 16.8 Å². The number of aliphatic carboxylic acids is 1. The van der Waals surface area contributed by atoms with E-state index in [4.69, 9.17) is 5.11 Å². The lowest BCUT2D eigenvalue weighted by molar-refractivity contribution is -0.136. The van der Waals surface area contributed by atoms with Gasteiger partial charge >= 0.3 is 5.97 Å². The molecule has 1 aliphatic heterocycles. The normalized spacial score (nSPS) is 13.9. The summed E-state index contributed by atoms with van der Waals surface area (Å²) >= 11 is 0. The van der Waals surface area contributed by atoms with Crippen LogP contribution in [0.25, 0.3) is 6.08 Å². The molecule has 0 aliphatic carbocycles. The molecule has 2 rings (SSSR count). The first-order chi connectivity index (χ1) is 7.65. The van der Waals surface area contributed by atoms with Crippen LogP contribution in [0.1, 0.15) is 17.5 Å². The average molecular weight is 217 g/mol. The molecule has 4 nitrogen and oxygen atoms in total. The monoisotopic (exact) mass is 217 g/mol. The smallest absolute Gasteiger partial charge is 0.307 e. The Morgan fingerprint density at radius 3 is 3.06 bits per heavy atom. The molecular weight excluding hydrogens is 206 g/mol. The quantitative estimate of drug-likeness (QED) is 0.809. The Hall–Kier alpha value is -2.10. The predicted octanol–water partition coefficient (Wildman–Crippen LogP) is 1.67. The van der Waals surface area contributed by atoms with Crippen molar-refractivity contribution in [3.8, 4) is 0 Å². The van der Waals surface area contributed by atoms with Gasteiger partial charge in [0.2, 0.25) is 5.91 Å². The third kappa shape index (κ3) is 2.28. The summed E-state index contributed by atoms with van der Waals surface area (Å²) in [7, 11) is 0. The number of hydrogen-bond acceptors (Lipinski definition) is 2. The minimum absolute atomic E-state index is 0.00154. The highest BCUT2D eigenvalue weighted by molar-refractivity contribution is 5.99. The fraction of sp³-hybridized carbons (Fsp3) is 0.167. The topological polar surface area (TPSA) is 66.4 Å². The molecule has 4 heteroatoms. The van der Waals surface area contributed by atoms with E-state index in [1.807, 2.05) is 18.2 Å². The van der Waals surface area contributed by atoms with Gasteiger partial charge in [-0.25, -0.2) is 0 Å². The van der Waals surface area contributed by atoms with Gasteiger partial charge in [0.05, 0.1) is 12.8 Å². The van der Waals surface area contributed by atoms with Crippen LogP contribution in [0.3, 0.4) is 0 Å². The van der Waals surface area contributed by atoms with Crippen LogP contribution >= 0.6 is 0 Å². The molecule has 1 heterocycles. The molecule has 1 aliphatic rings. The van der Waals surface area contributed by atoms with Crippen LogP contribution in [-0.4, -0.2) is 17.0 Å². The first kappa shape index (κ1) is 10.4. The molecule has 0 bridgehead atoms. The summed E-state index contributed by atoms with van der Waals surface area (Å²) in [6.45, 7) is 0. The number of fused-ring (bicyclic) bond motifs is 1. The van der Waals surface area contributed by atoms with E-state index in [1.165, 1.54) is 0 Å². The summed E-state index contributed by atoms with van der Waals surface area (Å²) in [5, 5.41) is 11.2. The van der Waals surface area contributed by atoms with Crippen molar-refractivity contribution in [3.05, 3.63) is 35.4 Å². The largest absolute Gasteiger partial charge is 0.481 e. The van der Waals surface area contributed by atoms with Crippen molar-refractivity contribution in [3.63, 3.8) is 0 Å². The Bertz CT molecular complexity index is 477. The number of benzene rings is 1. The molecule has 0 saturated heterocycles. The summed E-state index contributed by atoms with van der Waals surface area (Å²) in [4.78, 5) is 21.4. The number of carboxylic acid groups (broad SMARTS) is 1. The van der Waals surface area contributed by atoms with Crippen LogP contribution < -0.4 is 5.32 Å². The van der Waals surface area contributed by atoms with E-state index in [2.05, 4.69) is 5.32 Å². The van der Waals surface area contributed by atoms with Crippen molar-refractivity contribution in [1.82, 2.24) is 0 Å². The lowest BCUT2D eigenvalue weighted by atomic mass is 10.1. The number of anilines is 1. The molecule has 0 saturated carbocycles. The molecule has 82 valence electrons. The predicted molar refractivity (Wildman–Crippen MR) is 60.1 cm³/mol. The zero-order valence-corrected chi connectivity index (χ0v) is 8.56. The number of carbonyl (C=O) groups is 2. The van der Waals surface area contributed by atoms with E-state index >= 15 is 0 Å². The molecule has 0 atom stereocenters. The first-order valence-corrected chi connectivity index (χ1v) is 4.96. The summed E-state index contributed by atoms with van der Waals surface area (Å²) in [5.74, 6) is -0.854. The highest BCUT2D eigenvalue weighted by Gasteiger charge is 2.16. The molecule has 0 spiro atoms. The van der Waals surface area contributed by atoms with Crippen LogP contribution in [0.4, 0.5) is 5.69 Å². The van der Waals surface area contributed by atoms with Gasteiger partial charge in [0.25, 0.3) is 0 Å². The molecule has 0 unspecified atom stereocenters. The molecular formula is C12H11NO3. The van der Waals surface area contributed by atoms with Crippen LogP contribution in [0.15, 0.2) is 24.3 Å². The van der Waals surface area contributed by atoms with E-state index in [1.54, 1.807) is 12.2 Å². The van der Waals surface area contributed by atoms with E-state index in [-0.39, 0.29) is 12.3 Å². The van der Waals surface area contributed by atoms with Gasteiger partial charge in [-0.15, -0.1) is 0 Å². The van der Waals surface area contributed by atoms with Crippen LogP contribution in [0, 0.1) is 0 Å². The molecule has 2 N–H and O–H groups in total. The third-order valence-corrected chi connectivity index (χ3v) is 2.36. The summed E-state index contributed by atoms with van der Waals surface area (Å²) in [6.07, 6.45) is 3.75. The Kier molecular flexibility index (Phi) is 2.72. The molecule has 0 aromatic heterocycles. The molecule has 1 amide bonds. The van der Waals surface area contributed by atoms with Crippen molar-refractivity contribution in [2.45, 2.75) is 12.8 Å². The zero-order valence-electron chi connectivity index (χ0n) is 8.56. The second-order valence-electron chi connectivity index (χ2n) is 3.64. The minimum Gasteiger partial charge on any atom is -0.481 e. The SMILES string of the molecule is O=C(O)CC=Cc1ccc2c(c1)NC(=O)C2. The number of carbonyl (C=O) groups excluding carboxylic acids is 1. The van der Waals surface area contributed by atoms with Gasteiger partial charge in [0.1, 0.15) is 0 Å². The lowest BCUT2D eigenvalue weighted by Gasteiger charge is -1.99. The standard InChI is InChI=1S/C12H11NO3/c14-11-7-9-5-4-8(6-10(9)13-11)2-1-3-12(15)16/h1-2,4-6H,3,7H2,(H,13,14)(H,15,16). The average Bonchev–Trinajstić information content (AvgIpc) is 2.56. The summed E-state index contributed by atoms with van der Waals surface area (Å²) < 4.78 is 0. The Morgan fingerprint density at radius 1 is 1.50 bits per heavy atom. The van der Waals surface area contributed by atoms with Gasteiger partial charge in [-0.05, 0) is 17.2 Å². The number of hydrogen-bond donors (Lipinski definition) is 2. The second-order valence-corrected chi connectivity index (χ2v) is 3.64. The number of amides is 1. The summed E-state index contributed by atoms with van der Waals surface area (Å²) in [5.41, 5.74) is 2.70.